The number of nitrogens with zero attached hydrogens (tertiary/aromatic N) is 3. The highest BCUT2D eigenvalue weighted by molar-refractivity contribution is 5.30. The zero-order valence-electron chi connectivity index (χ0n) is 11.7. The van der Waals surface area contributed by atoms with Crippen molar-refractivity contribution in [1.82, 2.24) is 20.5 Å². The van der Waals surface area contributed by atoms with Crippen molar-refractivity contribution < 1.29 is 4.42 Å². The fourth-order valence-corrected chi connectivity index (χ4v) is 2.23. The molecule has 0 aliphatic heterocycles. The summed E-state index contributed by atoms with van der Waals surface area (Å²) >= 11 is 0. The number of hydrogen-bond donors (Lipinski definition) is 1. The van der Waals surface area contributed by atoms with Crippen molar-refractivity contribution in [3.63, 3.8) is 0 Å². The largest absolute Gasteiger partial charge is 0.424 e. The van der Waals surface area contributed by atoms with Gasteiger partial charge in [0.15, 0.2) is 0 Å². The molecule has 1 N–H and O–H groups in total. The number of aromatic nitrogens is 3. The van der Waals surface area contributed by atoms with E-state index in [1.807, 2.05) is 30.3 Å². The molecule has 0 saturated heterocycles. The predicted octanol–water partition coefficient (Wildman–Crippen LogP) is 2.65. The summed E-state index contributed by atoms with van der Waals surface area (Å²) in [6, 6.07) is 14.3. The Balaban J connectivity index is 1.83. The van der Waals surface area contributed by atoms with Gasteiger partial charge in [-0.2, -0.15) is 0 Å². The Hall–Kier alpha value is -2.53. The summed E-state index contributed by atoms with van der Waals surface area (Å²) in [5.74, 6) is 1.16. The lowest BCUT2D eigenvalue weighted by Crippen LogP contribution is -2.22. The fourth-order valence-electron chi connectivity index (χ4n) is 2.23. The first-order valence-corrected chi connectivity index (χ1v) is 6.80. The van der Waals surface area contributed by atoms with Crippen LogP contribution in [-0.2, 0) is 6.54 Å². The number of aryl methyl sites for hydroxylation is 1. The van der Waals surface area contributed by atoms with Gasteiger partial charge in [0.2, 0.25) is 11.8 Å². The maximum Gasteiger partial charge on any atom is 0.230 e. The van der Waals surface area contributed by atoms with Crippen molar-refractivity contribution in [2.45, 2.75) is 19.5 Å². The molecule has 2 heterocycles. The lowest BCUT2D eigenvalue weighted by atomic mass is 10.00. The van der Waals surface area contributed by atoms with Crippen molar-refractivity contribution in [3.05, 3.63) is 77.8 Å². The molecule has 0 amide bonds. The summed E-state index contributed by atoms with van der Waals surface area (Å²) in [5.41, 5.74) is 2.33. The van der Waals surface area contributed by atoms with Crippen LogP contribution >= 0.6 is 0 Å². The van der Waals surface area contributed by atoms with Crippen molar-refractivity contribution in [3.8, 4) is 0 Å². The number of rotatable bonds is 5. The first-order chi connectivity index (χ1) is 10.3. The van der Waals surface area contributed by atoms with Crippen LogP contribution in [0.25, 0.3) is 0 Å². The van der Waals surface area contributed by atoms with E-state index in [-0.39, 0.29) is 6.04 Å². The van der Waals surface area contributed by atoms with Crippen molar-refractivity contribution in [2.24, 2.45) is 0 Å². The van der Waals surface area contributed by atoms with Gasteiger partial charge in [-0.25, -0.2) is 0 Å². The van der Waals surface area contributed by atoms with Crippen LogP contribution in [0, 0.1) is 6.92 Å². The molecular formula is C16H16N4O. The topological polar surface area (TPSA) is 63.8 Å². The lowest BCUT2D eigenvalue weighted by Gasteiger charge is -2.18. The van der Waals surface area contributed by atoms with Gasteiger partial charge in [0, 0.05) is 19.3 Å². The Morgan fingerprint density at radius 1 is 1.00 bits per heavy atom. The summed E-state index contributed by atoms with van der Waals surface area (Å²) in [5, 5.41) is 11.3. The van der Waals surface area contributed by atoms with E-state index >= 15 is 0 Å². The zero-order valence-corrected chi connectivity index (χ0v) is 11.7. The molecule has 1 atom stereocenters. The van der Waals surface area contributed by atoms with E-state index in [4.69, 9.17) is 4.42 Å². The van der Waals surface area contributed by atoms with Crippen LogP contribution < -0.4 is 5.32 Å². The van der Waals surface area contributed by atoms with Crippen LogP contribution in [0.15, 0.2) is 59.3 Å². The quantitative estimate of drug-likeness (QED) is 0.778. The predicted molar refractivity (Wildman–Crippen MR) is 78.4 cm³/mol. The molecule has 5 nitrogen and oxygen atoms in total. The first kappa shape index (κ1) is 13.5. The van der Waals surface area contributed by atoms with E-state index in [1.54, 1.807) is 19.3 Å². The number of pyridine rings is 1. The minimum Gasteiger partial charge on any atom is -0.424 e. The Morgan fingerprint density at radius 3 is 2.38 bits per heavy atom. The molecule has 0 spiro atoms. The maximum atomic E-state index is 5.41. The molecule has 2 aromatic heterocycles. The monoisotopic (exact) mass is 280 g/mol. The molecule has 0 saturated carbocycles. The van der Waals surface area contributed by atoms with Crippen LogP contribution in [-0.4, -0.2) is 15.2 Å². The van der Waals surface area contributed by atoms with Gasteiger partial charge >= 0.3 is 0 Å². The van der Waals surface area contributed by atoms with Crippen molar-refractivity contribution >= 4 is 0 Å². The standard InChI is InChI=1S/C16H16N4O/c1-12-19-20-15(21-12)11-18-16(13-5-3-2-4-6-13)14-7-9-17-10-8-14/h2-10,16,18H,11H2,1H3. The number of nitrogens with one attached hydrogen (secondary N) is 1. The Morgan fingerprint density at radius 2 is 1.71 bits per heavy atom. The van der Waals surface area contributed by atoms with E-state index in [0.29, 0.717) is 18.3 Å². The first-order valence-electron chi connectivity index (χ1n) is 6.80. The average Bonchev–Trinajstić information content (AvgIpc) is 2.95. The van der Waals surface area contributed by atoms with Gasteiger partial charge in [0.1, 0.15) is 0 Å². The SMILES string of the molecule is Cc1nnc(CNC(c2ccccc2)c2ccncc2)o1. The summed E-state index contributed by atoms with van der Waals surface area (Å²) in [6.45, 7) is 2.30. The Kier molecular flexibility index (Phi) is 4.02. The van der Waals surface area contributed by atoms with Crippen LogP contribution in [0.5, 0.6) is 0 Å². The molecule has 106 valence electrons. The highest BCUT2D eigenvalue weighted by atomic mass is 16.4. The molecule has 3 aromatic rings. The Labute approximate surface area is 123 Å². The van der Waals surface area contributed by atoms with Crippen LogP contribution in [0.1, 0.15) is 29.0 Å². The zero-order chi connectivity index (χ0) is 14.5. The van der Waals surface area contributed by atoms with E-state index < -0.39 is 0 Å². The summed E-state index contributed by atoms with van der Waals surface area (Å²) < 4.78 is 5.41. The van der Waals surface area contributed by atoms with E-state index in [2.05, 4.69) is 32.6 Å². The lowest BCUT2D eigenvalue weighted by molar-refractivity contribution is 0.436. The van der Waals surface area contributed by atoms with Crippen LogP contribution in [0.2, 0.25) is 0 Å². The third-order valence-electron chi connectivity index (χ3n) is 3.20. The third-order valence-corrected chi connectivity index (χ3v) is 3.20. The minimum atomic E-state index is 0.0569. The second-order valence-corrected chi connectivity index (χ2v) is 4.72. The molecule has 21 heavy (non-hydrogen) atoms. The van der Waals surface area contributed by atoms with Gasteiger partial charge < -0.3 is 4.42 Å². The smallest absolute Gasteiger partial charge is 0.230 e. The van der Waals surface area contributed by atoms with Crippen molar-refractivity contribution in [1.29, 1.82) is 0 Å². The molecule has 3 rings (SSSR count). The molecule has 0 fully saturated rings. The molecule has 1 unspecified atom stereocenters. The molecule has 0 radical (unpaired) electrons. The highest BCUT2D eigenvalue weighted by Gasteiger charge is 2.14. The van der Waals surface area contributed by atoms with E-state index in [9.17, 15) is 0 Å². The number of benzene rings is 1. The molecule has 0 bridgehead atoms. The minimum absolute atomic E-state index is 0.0569. The van der Waals surface area contributed by atoms with Gasteiger partial charge in [-0.15, -0.1) is 10.2 Å². The van der Waals surface area contributed by atoms with Crippen molar-refractivity contribution in [2.75, 3.05) is 0 Å². The van der Waals surface area contributed by atoms with Gasteiger partial charge in [0.05, 0.1) is 12.6 Å². The second-order valence-electron chi connectivity index (χ2n) is 4.72. The summed E-state index contributed by atoms with van der Waals surface area (Å²) in [7, 11) is 0. The van der Waals surface area contributed by atoms with Gasteiger partial charge in [-0.3, -0.25) is 10.3 Å². The van der Waals surface area contributed by atoms with Gasteiger partial charge in [-0.1, -0.05) is 30.3 Å². The van der Waals surface area contributed by atoms with Gasteiger partial charge in [-0.05, 0) is 23.3 Å². The van der Waals surface area contributed by atoms with Crippen LogP contribution in [0.3, 0.4) is 0 Å². The average molecular weight is 280 g/mol. The van der Waals surface area contributed by atoms with Crippen LogP contribution in [0.4, 0.5) is 0 Å². The van der Waals surface area contributed by atoms with E-state index in [0.717, 1.165) is 5.56 Å². The third kappa shape index (κ3) is 3.32. The summed E-state index contributed by atoms with van der Waals surface area (Å²) in [4.78, 5) is 4.07. The highest BCUT2D eigenvalue weighted by Crippen LogP contribution is 2.21. The Bertz CT molecular complexity index is 642. The molecular weight excluding hydrogens is 264 g/mol. The number of hydrogen-bond acceptors (Lipinski definition) is 5. The van der Waals surface area contributed by atoms with E-state index in [1.165, 1.54) is 5.56 Å². The fraction of sp³-hybridized carbons (Fsp3) is 0.188. The second kappa shape index (κ2) is 6.28. The maximum absolute atomic E-state index is 5.41. The molecule has 5 heteroatoms. The summed E-state index contributed by atoms with van der Waals surface area (Å²) in [6.07, 6.45) is 3.59. The molecule has 1 aromatic carbocycles. The normalized spacial score (nSPS) is 12.2. The molecule has 0 aliphatic carbocycles. The van der Waals surface area contributed by atoms with Gasteiger partial charge in [0.25, 0.3) is 0 Å². The molecule has 0 aliphatic rings.